The first-order valence-corrected chi connectivity index (χ1v) is 6.89. The van der Waals surface area contributed by atoms with Crippen molar-refractivity contribution in [1.82, 2.24) is 10.2 Å². The van der Waals surface area contributed by atoms with Gasteiger partial charge in [-0.15, -0.1) is 0 Å². The minimum Gasteiger partial charge on any atom is -0.303 e. The van der Waals surface area contributed by atoms with Crippen molar-refractivity contribution in [3.05, 3.63) is 0 Å². The molecule has 1 atom stereocenters. The molecule has 6 heteroatoms. The van der Waals surface area contributed by atoms with Gasteiger partial charge in [-0.2, -0.15) is 18.4 Å². The molecule has 1 fully saturated rings. The second kappa shape index (κ2) is 7.71. The number of alkyl halides is 3. The Balaban J connectivity index is 2.24. The van der Waals surface area contributed by atoms with E-state index in [1.165, 1.54) is 0 Å². The number of hydrogen-bond acceptors (Lipinski definition) is 3. The number of nitrogens with one attached hydrogen (secondary N) is 1. The number of nitriles is 1. The zero-order chi connectivity index (χ0) is 14.3. The summed E-state index contributed by atoms with van der Waals surface area (Å²) in [5.41, 5.74) is 0. The van der Waals surface area contributed by atoms with Crippen molar-refractivity contribution in [1.29, 1.82) is 5.26 Å². The summed E-state index contributed by atoms with van der Waals surface area (Å²) < 4.78 is 37.5. The van der Waals surface area contributed by atoms with Gasteiger partial charge in [0, 0.05) is 6.54 Å². The average Bonchev–Trinajstić information content (AvgIpc) is 2.38. The fraction of sp³-hybridized carbons (Fsp3) is 0.923. The summed E-state index contributed by atoms with van der Waals surface area (Å²) in [7, 11) is 0. The van der Waals surface area contributed by atoms with E-state index in [0.717, 1.165) is 13.0 Å². The van der Waals surface area contributed by atoms with Crippen molar-refractivity contribution < 1.29 is 13.2 Å². The van der Waals surface area contributed by atoms with Crippen molar-refractivity contribution in [3.63, 3.8) is 0 Å². The molecule has 1 unspecified atom stereocenters. The van der Waals surface area contributed by atoms with Crippen LogP contribution < -0.4 is 5.32 Å². The maximum absolute atomic E-state index is 12.5. The lowest BCUT2D eigenvalue weighted by atomic mass is 9.96. The second-order valence-corrected chi connectivity index (χ2v) is 5.08. The molecular formula is C13H22F3N3. The summed E-state index contributed by atoms with van der Waals surface area (Å²) in [6.45, 7) is 4.49. The second-order valence-electron chi connectivity index (χ2n) is 5.08. The van der Waals surface area contributed by atoms with Gasteiger partial charge in [0.05, 0.1) is 18.0 Å². The van der Waals surface area contributed by atoms with Gasteiger partial charge in [-0.05, 0) is 45.3 Å². The predicted octanol–water partition coefficient (Wildman–Crippen LogP) is 2.54. The molecule has 0 spiro atoms. The van der Waals surface area contributed by atoms with Gasteiger partial charge in [-0.3, -0.25) is 0 Å². The molecule has 1 N–H and O–H groups in total. The van der Waals surface area contributed by atoms with Crippen molar-refractivity contribution in [2.24, 2.45) is 5.92 Å². The predicted molar refractivity (Wildman–Crippen MR) is 67.5 cm³/mol. The molecule has 0 aromatic heterocycles. The Bertz CT molecular complexity index is 290. The average molecular weight is 277 g/mol. The van der Waals surface area contributed by atoms with Gasteiger partial charge < -0.3 is 10.2 Å². The van der Waals surface area contributed by atoms with Gasteiger partial charge >= 0.3 is 6.18 Å². The summed E-state index contributed by atoms with van der Waals surface area (Å²) in [5.74, 6) is -1.14. The quantitative estimate of drug-likeness (QED) is 0.811. The Morgan fingerprint density at radius 2 is 2.00 bits per heavy atom. The van der Waals surface area contributed by atoms with Gasteiger partial charge in [-0.25, -0.2) is 0 Å². The first-order chi connectivity index (χ1) is 8.97. The highest BCUT2D eigenvalue weighted by molar-refractivity contribution is 4.90. The van der Waals surface area contributed by atoms with E-state index in [1.54, 1.807) is 0 Å². The van der Waals surface area contributed by atoms with E-state index in [-0.39, 0.29) is 18.9 Å². The zero-order valence-electron chi connectivity index (χ0n) is 11.3. The third kappa shape index (κ3) is 5.79. The fourth-order valence-corrected chi connectivity index (χ4v) is 2.33. The molecule has 1 saturated heterocycles. The highest BCUT2D eigenvalue weighted by atomic mass is 19.4. The Hall–Kier alpha value is -0.800. The largest absolute Gasteiger partial charge is 0.391 e. The third-order valence-corrected chi connectivity index (χ3v) is 3.58. The van der Waals surface area contributed by atoms with Gasteiger partial charge in [-0.1, -0.05) is 6.92 Å². The van der Waals surface area contributed by atoms with E-state index in [2.05, 4.69) is 11.4 Å². The number of nitrogens with zero attached hydrogens (tertiary/aromatic N) is 2. The number of hydrogen-bond donors (Lipinski definition) is 1. The van der Waals surface area contributed by atoms with E-state index in [4.69, 9.17) is 5.26 Å². The van der Waals surface area contributed by atoms with Gasteiger partial charge in [0.25, 0.3) is 0 Å². The summed E-state index contributed by atoms with van der Waals surface area (Å²) in [4.78, 5) is 2.03. The maximum Gasteiger partial charge on any atom is 0.391 e. The monoisotopic (exact) mass is 277 g/mol. The molecule has 1 aliphatic rings. The molecule has 0 bridgehead atoms. The molecule has 0 aliphatic carbocycles. The number of piperidine rings is 1. The van der Waals surface area contributed by atoms with Crippen LogP contribution in [-0.4, -0.2) is 43.3 Å². The van der Waals surface area contributed by atoms with Crippen LogP contribution in [0.4, 0.5) is 13.2 Å². The van der Waals surface area contributed by atoms with Crippen LogP contribution in [0.2, 0.25) is 0 Å². The minimum absolute atomic E-state index is 0.184. The summed E-state index contributed by atoms with van der Waals surface area (Å²) in [6.07, 6.45) is -2.04. The van der Waals surface area contributed by atoms with Crippen LogP contribution in [0, 0.1) is 17.2 Å². The Morgan fingerprint density at radius 3 is 2.47 bits per heavy atom. The standard InChI is InChI=1S/C13H22F3N3/c1-2-6-18-12(10-17)5-9-19-7-3-11(4-8-19)13(14,15)16/h11-12,18H,2-9H2,1H3. The highest BCUT2D eigenvalue weighted by Crippen LogP contribution is 2.34. The first-order valence-electron chi connectivity index (χ1n) is 6.89. The smallest absolute Gasteiger partial charge is 0.303 e. The van der Waals surface area contributed by atoms with Crippen LogP contribution in [0.25, 0.3) is 0 Å². The number of likely N-dealkylation sites (tertiary alicyclic amines) is 1. The first kappa shape index (κ1) is 16.3. The molecule has 0 saturated carbocycles. The van der Waals surface area contributed by atoms with Crippen LogP contribution in [0.15, 0.2) is 0 Å². The molecule has 0 aromatic carbocycles. The zero-order valence-corrected chi connectivity index (χ0v) is 11.3. The Labute approximate surface area is 112 Å². The SMILES string of the molecule is CCCNC(C#N)CCN1CCC(C(F)(F)F)CC1. The number of halogens is 3. The lowest BCUT2D eigenvalue weighted by Crippen LogP contribution is -2.41. The summed E-state index contributed by atoms with van der Waals surface area (Å²) >= 11 is 0. The molecule has 0 radical (unpaired) electrons. The third-order valence-electron chi connectivity index (χ3n) is 3.58. The molecule has 1 heterocycles. The van der Waals surface area contributed by atoms with Crippen LogP contribution in [-0.2, 0) is 0 Å². The molecule has 0 aromatic rings. The van der Waals surface area contributed by atoms with Crippen molar-refractivity contribution in [2.45, 2.75) is 44.8 Å². The van der Waals surface area contributed by atoms with Crippen LogP contribution >= 0.6 is 0 Å². The number of rotatable bonds is 6. The highest BCUT2D eigenvalue weighted by Gasteiger charge is 2.40. The molecule has 0 amide bonds. The maximum atomic E-state index is 12.5. The molecule has 1 aliphatic heterocycles. The molecule has 1 rings (SSSR count). The van der Waals surface area contributed by atoms with Crippen LogP contribution in [0.1, 0.15) is 32.6 Å². The fourth-order valence-electron chi connectivity index (χ4n) is 2.33. The normalized spacial score (nSPS) is 20.2. The Kier molecular flexibility index (Phi) is 6.59. The van der Waals surface area contributed by atoms with Crippen molar-refractivity contribution >= 4 is 0 Å². The molecule has 19 heavy (non-hydrogen) atoms. The van der Waals surface area contributed by atoms with Crippen molar-refractivity contribution in [3.8, 4) is 6.07 Å². The minimum atomic E-state index is -4.05. The van der Waals surface area contributed by atoms with Gasteiger partial charge in [0.15, 0.2) is 0 Å². The summed E-state index contributed by atoms with van der Waals surface area (Å²) in [6, 6.07) is 2.00. The van der Waals surface area contributed by atoms with Crippen LogP contribution in [0.3, 0.4) is 0 Å². The summed E-state index contributed by atoms with van der Waals surface area (Å²) in [5, 5.41) is 12.1. The lowest BCUT2D eigenvalue weighted by Gasteiger charge is -2.33. The van der Waals surface area contributed by atoms with E-state index in [0.29, 0.717) is 26.1 Å². The van der Waals surface area contributed by atoms with Crippen molar-refractivity contribution in [2.75, 3.05) is 26.2 Å². The topological polar surface area (TPSA) is 39.1 Å². The molecule has 3 nitrogen and oxygen atoms in total. The molecule has 110 valence electrons. The van der Waals surface area contributed by atoms with Gasteiger partial charge in [0.1, 0.15) is 0 Å². The molecular weight excluding hydrogens is 255 g/mol. The van der Waals surface area contributed by atoms with Crippen LogP contribution in [0.5, 0.6) is 0 Å². The van der Waals surface area contributed by atoms with E-state index >= 15 is 0 Å². The van der Waals surface area contributed by atoms with E-state index < -0.39 is 12.1 Å². The lowest BCUT2D eigenvalue weighted by molar-refractivity contribution is -0.185. The Morgan fingerprint density at radius 1 is 1.37 bits per heavy atom. The van der Waals surface area contributed by atoms with E-state index in [9.17, 15) is 13.2 Å². The van der Waals surface area contributed by atoms with E-state index in [1.807, 2.05) is 11.8 Å². The van der Waals surface area contributed by atoms with Gasteiger partial charge in [0.2, 0.25) is 0 Å².